The van der Waals surface area contributed by atoms with Crippen LogP contribution in [0.25, 0.3) is 22.4 Å². The maximum Gasteiger partial charge on any atom is 0.430 e. The molecule has 0 aliphatic heterocycles. The van der Waals surface area contributed by atoms with Gasteiger partial charge in [0.05, 0.1) is 6.54 Å². The highest BCUT2D eigenvalue weighted by atomic mass is 19.4. The zero-order valence-electron chi connectivity index (χ0n) is 17.8. The number of hydrogen-bond acceptors (Lipinski definition) is 4. The molecular weight excluding hydrogens is 466 g/mol. The van der Waals surface area contributed by atoms with E-state index in [-0.39, 0.29) is 23.6 Å². The van der Waals surface area contributed by atoms with Crippen molar-refractivity contribution in [1.29, 1.82) is 0 Å². The van der Waals surface area contributed by atoms with Crippen molar-refractivity contribution in [3.05, 3.63) is 71.2 Å². The predicted octanol–water partition coefficient (Wildman–Crippen LogP) is 5.98. The van der Waals surface area contributed by atoms with E-state index in [2.05, 4.69) is 4.98 Å². The molecule has 0 amide bonds. The minimum absolute atomic E-state index is 0.0237. The number of hydrogen-bond donors (Lipinski definition) is 2. The van der Waals surface area contributed by atoms with Crippen molar-refractivity contribution in [3.8, 4) is 17.2 Å². The van der Waals surface area contributed by atoms with Crippen LogP contribution in [0.1, 0.15) is 22.7 Å². The summed E-state index contributed by atoms with van der Waals surface area (Å²) in [4.78, 5) is 4.43. The number of aromatic hydroxyl groups is 1. The molecule has 0 fully saturated rings. The van der Waals surface area contributed by atoms with Crippen molar-refractivity contribution in [2.24, 2.45) is 0 Å². The van der Waals surface area contributed by atoms with Gasteiger partial charge in [0.2, 0.25) is 5.89 Å². The van der Waals surface area contributed by atoms with Crippen molar-refractivity contribution in [1.82, 2.24) is 9.55 Å². The molecule has 34 heavy (non-hydrogen) atoms. The van der Waals surface area contributed by atoms with Crippen molar-refractivity contribution in [2.45, 2.75) is 38.3 Å². The minimum Gasteiger partial charge on any atom is -0.508 e. The number of oxazole rings is 1. The Morgan fingerprint density at radius 2 is 1.62 bits per heavy atom. The highest BCUT2D eigenvalue weighted by Gasteiger charge is 2.71. The van der Waals surface area contributed by atoms with Gasteiger partial charge in [-0.15, -0.1) is 0 Å². The van der Waals surface area contributed by atoms with Gasteiger partial charge in [0.25, 0.3) is 5.60 Å². The zero-order chi connectivity index (χ0) is 25.1. The van der Waals surface area contributed by atoms with Crippen LogP contribution in [-0.4, -0.2) is 32.1 Å². The molecule has 0 atom stereocenters. The van der Waals surface area contributed by atoms with Crippen molar-refractivity contribution in [3.63, 3.8) is 0 Å². The molecule has 4 rings (SSSR count). The summed E-state index contributed by atoms with van der Waals surface area (Å²) in [5.41, 5.74) is -4.38. The molecule has 0 spiro atoms. The minimum atomic E-state index is -5.96. The summed E-state index contributed by atoms with van der Waals surface area (Å²) in [6.45, 7) is 3.44. The molecule has 0 saturated heterocycles. The van der Waals surface area contributed by atoms with Crippen molar-refractivity contribution < 1.29 is 41.0 Å². The summed E-state index contributed by atoms with van der Waals surface area (Å²) >= 11 is 0. The average Bonchev–Trinajstić information content (AvgIpc) is 3.25. The fraction of sp³-hybridized carbons (Fsp3) is 0.261. The maximum absolute atomic E-state index is 13.3. The third kappa shape index (κ3) is 3.79. The molecule has 0 radical (unpaired) electrons. The number of rotatable bonds is 4. The Hall–Kier alpha value is -3.47. The number of fused-ring (bicyclic) bond motifs is 1. The van der Waals surface area contributed by atoms with Crippen LogP contribution in [0.2, 0.25) is 0 Å². The Balaban J connectivity index is 1.75. The summed E-state index contributed by atoms with van der Waals surface area (Å²) < 4.78 is 86.9. The van der Waals surface area contributed by atoms with E-state index in [0.717, 1.165) is 6.07 Å². The smallest absolute Gasteiger partial charge is 0.430 e. The first kappa shape index (κ1) is 23.7. The molecule has 0 aliphatic rings. The molecule has 0 unspecified atom stereocenters. The fourth-order valence-electron chi connectivity index (χ4n) is 3.82. The molecule has 5 nitrogen and oxygen atoms in total. The van der Waals surface area contributed by atoms with E-state index in [1.54, 1.807) is 30.5 Å². The Bertz CT molecular complexity index is 1350. The summed E-state index contributed by atoms with van der Waals surface area (Å²) in [7, 11) is 0. The molecule has 2 N–H and O–H groups in total. The number of aromatic nitrogens is 2. The van der Waals surface area contributed by atoms with Gasteiger partial charge in [0.15, 0.2) is 0 Å². The van der Waals surface area contributed by atoms with Gasteiger partial charge in [-0.2, -0.15) is 26.3 Å². The number of halogens is 6. The Kier molecular flexibility index (Phi) is 5.43. The first-order chi connectivity index (χ1) is 15.7. The summed E-state index contributed by atoms with van der Waals surface area (Å²) in [6.07, 6.45) is -11.9. The van der Waals surface area contributed by atoms with Crippen LogP contribution >= 0.6 is 0 Å². The lowest BCUT2D eigenvalue weighted by Gasteiger charge is -2.32. The Labute approximate surface area is 188 Å². The third-order valence-electron chi connectivity index (χ3n) is 5.64. The predicted molar refractivity (Wildman–Crippen MR) is 110 cm³/mol. The van der Waals surface area contributed by atoms with E-state index in [1.165, 1.54) is 18.2 Å². The van der Waals surface area contributed by atoms with Gasteiger partial charge < -0.3 is 19.2 Å². The summed E-state index contributed by atoms with van der Waals surface area (Å²) in [5, 5.41) is 19.5. The number of phenols is 1. The lowest BCUT2D eigenvalue weighted by Crippen LogP contribution is -2.53. The number of nitrogens with zero attached hydrogens (tertiary/aromatic N) is 2. The van der Waals surface area contributed by atoms with Crippen LogP contribution in [0.4, 0.5) is 26.3 Å². The number of aliphatic hydroxyl groups is 1. The number of aryl methyl sites for hydroxylation is 2. The SMILES string of the molecule is Cc1oc(-c2cccc(O)c2)nc1Cn1c(C)cc2cc(C(O)(C(F)(F)F)C(F)(F)F)ccc21. The fourth-order valence-corrected chi connectivity index (χ4v) is 3.82. The van der Waals surface area contributed by atoms with E-state index in [1.807, 2.05) is 0 Å². The number of phenolic OH excluding ortho intramolecular Hbond substituents is 1. The van der Waals surface area contributed by atoms with E-state index in [4.69, 9.17) is 4.42 Å². The molecule has 11 heteroatoms. The third-order valence-corrected chi connectivity index (χ3v) is 5.64. The van der Waals surface area contributed by atoms with Crippen LogP contribution in [-0.2, 0) is 12.1 Å². The molecule has 0 bridgehead atoms. The molecule has 4 aromatic rings. The van der Waals surface area contributed by atoms with Crippen LogP contribution < -0.4 is 0 Å². The highest BCUT2D eigenvalue weighted by Crippen LogP contribution is 2.50. The normalized spacial score (nSPS) is 13.1. The first-order valence-corrected chi connectivity index (χ1v) is 9.94. The molecule has 0 saturated carbocycles. The van der Waals surface area contributed by atoms with Gasteiger partial charge in [-0.3, -0.25) is 0 Å². The largest absolute Gasteiger partial charge is 0.508 e. The van der Waals surface area contributed by atoms with Crippen LogP contribution in [0.15, 0.2) is 52.9 Å². The second-order valence-electron chi connectivity index (χ2n) is 7.92. The molecular formula is C23H18F6N2O3. The lowest BCUT2D eigenvalue weighted by atomic mass is 9.91. The van der Waals surface area contributed by atoms with Gasteiger partial charge in [-0.05, 0) is 50.2 Å². The number of benzene rings is 2. The van der Waals surface area contributed by atoms with Crippen molar-refractivity contribution >= 4 is 10.9 Å². The van der Waals surface area contributed by atoms with Crippen LogP contribution in [0.3, 0.4) is 0 Å². The quantitative estimate of drug-likeness (QED) is 0.350. The van der Waals surface area contributed by atoms with E-state index >= 15 is 0 Å². The monoisotopic (exact) mass is 484 g/mol. The number of alkyl halides is 6. The molecule has 2 aromatic heterocycles. The Morgan fingerprint density at radius 3 is 2.24 bits per heavy atom. The molecule has 180 valence electrons. The van der Waals surface area contributed by atoms with E-state index in [9.17, 15) is 36.6 Å². The Morgan fingerprint density at radius 1 is 0.941 bits per heavy atom. The maximum atomic E-state index is 13.3. The van der Waals surface area contributed by atoms with E-state index < -0.39 is 23.5 Å². The second kappa shape index (κ2) is 7.79. The van der Waals surface area contributed by atoms with Crippen LogP contribution in [0.5, 0.6) is 5.75 Å². The van der Waals surface area contributed by atoms with Gasteiger partial charge in [0.1, 0.15) is 17.2 Å². The van der Waals surface area contributed by atoms with Gasteiger partial charge in [-0.1, -0.05) is 12.1 Å². The van der Waals surface area contributed by atoms with Gasteiger partial charge >= 0.3 is 12.4 Å². The average molecular weight is 484 g/mol. The highest BCUT2D eigenvalue weighted by molar-refractivity contribution is 5.82. The zero-order valence-corrected chi connectivity index (χ0v) is 17.8. The topological polar surface area (TPSA) is 71.4 Å². The first-order valence-electron chi connectivity index (χ1n) is 9.94. The molecule has 2 heterocycles. The van der Waals surface area contributed by atoms with E-state index in [0.29, 0.717) is 40.4 Å². The summed E-state index contributed by atoms with van der Waals surface area (Å²) in [6, 6.07) is 10.1. The van der Waals surface area contributed by atoms with Crippen LogP contribution in [0, 0.1) is 13.8 Å². The van der Waals surface area contributed by atoms with Gasteiger partial charge in [0, 0.05) is 27.7 Å². The molecule has 0 aliphatic carbocycles. The lowest BCUT2D eigenvalue weighted by molar-refractivity contribution is -0.376. The molecule has 2 aromatic carbocycles. The standard InChI is InChI=1S/C23H18F6N2O3/c1-12-8-15-9-16(21(33,22(24,25)26)23(27,28)29)6-7-19(15)31(12)11-18-13(2)34-20(30-18)14-4-3-5-17(32)10-14/h3-10,32-33H,11H2,1-2H3. The second-order valence-corrected chi connectivity index (χ2v) is 7.92. The van der Waals surface area contributed by atoms with Gasteiger partial charge in [-0.25, -0.2) is 4.98 Å². The van der Waals surface area contributed by atoms with Crippen molar-refractivity contribution in [2.75, 3.05) is 0 Å². The summed E-state index contributed by atoms with van der Waals surface area (Å²) in [5.74, 6) is 0.732.